The maximum Gasteiger partial charge on any atom is 0.331 e. The molecule has 1 amide bonds. The highest BCUT2D eigenvalue weighted by Crippen LogP contribution is 2.31. The van der Waals surface area contributed by atoms with E-state index in [4.69, 9.17) is 14.2 Å². The summed E-state index contributed by atoms with van der Waals surface area (Å²) in [6.07, 6.45) is 4.96. The zero-order chi connectivity index (χ0) is 17.6. The Morgan fingerprint density at radius 2 is 1.92 bits per heavy atom. The number of hydrogen-bond donors (Lipinski definition) is 0. The van der Waals surface area contributed by atoms with Crippen LogP contribution in [0.5, 0.6) is 11.5 Å². The molecule has 0 saturated carbocycles. The van der Waals surface area contributed by atoms with Gasteiger partial charge in [-0.05, 0) is 42.5 Å². The maximum absolute atomic E-state index is 12.0. The molecule has 2 heterocycles. The third-order valence-electron chi connectivity index (χ3n) is 4.45. The third kappa shape index (κ3) is 4.75. The molecule has 1 aromatic carbocycles. The molecule has 2 aliphatic rings. The smallest absolute Gasteiger partial charge is 0.331 e. The molecule has 0 spiro atoms. The number of hydrogen-bond acceptors (Lipinski definition) is 5. The van der Waals surface area contributed by atoms with Gasteiger partial charge in [0.05, 0.1) is 0 Å². The summed E-state index contributed by atoms with van der Waals surface area (Å²) >= 11 is 0. The van der Waals surface area contributed by atoms with Crippen LogP contribution in [0.15, 0.2) is 24.3 Å². The normalized spacial score (nSPS) is 17.6. The van der Waals surface area contributed by atoms with Gasteiger partial charge < -0.3 is 19.1 Å². The molecule has 0 atom stereocenters. The monoisotopic (exact) mass is 345 g/mol. The van der Waals surface area contributed by atoms with Crippen LogP contribution >= 0.6 is 0 Å². The van der Waals surface area contributed by atoms with Gasteiger partial charge in [0.2, 0.25) is 0 Å². The Balaban J connectivity index is 1.47. The molecule has 1 fully saturated rings. The highest BCUT2D eigenvalue weighted by molar-refractivity contribution is 5.89. The second kappa shape index (κ2) is 8.05. The first kappa shape index (κ1) is 17.3. The zero-order valence-electron chi connectivity index (χ0n) is 14.4. The van der Waals surface area contributed by atoms with Crippen LogP contribution in [0.4, 0.5) is 0 Å². The molecule has 1 saturated heterocycles. The van der Waals surface area contributed by atoms with Crippen LogP contribution < -0.4 is 9.47 Å². The Morgan fingerprint density at radius 3 is 2.68 bits per heavy atom. The summed E-state index contributed by atoms with van der Waals surface area (Å²) in [4.78, 5) is 25.6. The van der Waals surface area contributed by atoms with Gasteiger partial charge in [-0.2, -0.15) is 0 Å². The van der Waals surface area contributed by atoms with E-state index in [0.29, 0.717) is 30.6 Å². The number of nitrogens with zero attached hydrogens (tertiary/aromatic N) is 1. The number of esters is 1. The van der Waals surface area contributed by atoms with Gasteiger partial charge in [0.15, 0.2) is 18.1 Å². The number of benzene rings is 1. The zero-order valence-corrected chi connectivity index (χ0v) is 14.4. The number of piperidine rings is 1. The van der Waals surface area contributed by atoms with Crippen LogP contribution in [0.2, 0.25) is 0 Å². The van der Waals surface area contributed by atoms with Gasteiger partial charge in [-0.3, -0.25) is 4.79 Å². The van der Waals surface area contributed by atoms with E-state index in [-0.39, 0.29) is 12.5 Å². The van der Waals surface area contributed by atoms with Crippen molar-refractivity contribution in [2.24, 2.45) is 5.92 Å². The van der Waals surface area contributed by atoms with Crippen molar-refractivity contribution in [3.05, 3.63) is 29.8 Å². The minimum Gasteiger partial charge on any atom is -0.486 e. The van der Waals surface area contributed by atoms with Crippen molar-refractivity contribution < 1.29 is 23.8 Å². The lowest BCUT2D eigenvalue weighted by atomic mass is 9.99. The first-order valence-electron chi connectivity index (χ1n) is 8.64. The summed E-state index contributed by atoms with van der Waals surface area (Å²) < 4.78 is 16.0. The molecule has 0 aliphatic carbocycles. The predicted octanol–water partition coefficient (Wildman–Crippen LogP) is 2.27. The minimum atomic E-state index is -0.534. The summed E-state index contributed by atoms with van der Waals surface area (Å²) in [7, 11) is 0. The SMILES string of the molecule is CC1CCN(C(=O)COC(=O)/C=C/c2ccc3c(c2)OCCO3)CC1. The lowest BCUT2D eigenvalue weighted by Gasteiger charge is -2.30. The van der Waals surface area contributed by atoms with Crippen molar-refractivity contribution in [1.82, 2.24) is 4.90 Å². The quantitative estimate of drug-likeness (QED) is 0.619. The Kier molecular flexibility index (Phi) is 5.58. The molecule has 6 nitrogen and oxygen atoms in total. The van der Waals surface area contributed by atoms with Gasteiger partial charge >= 0.3 is 5.97 Å². The fourth-order valence-electron chi connectivity index (χ4n) is 2.86. The summed E-state index contributed by atoms with van der Waals surface area (Å²) in [6, 6.07) is 5.44. The van der Waals surface area contributed by atoms with Gasteiger partial charge in [0, 0.05) is 19.2 Å². The van der Waals surface area contributed by atoms with E-state index < -0.39 is 5.97 Å². The molecule has 0 bridgehead atoms. The molecule has 1 aromatic rings. The number of ether oxygens (including phenoxy) is 3. The number of carbonyl (C=O) groups excluding carboxylic acids is 2. The molecule has 0 aromatic heterocycles. The van der Waals surface area contributed by atoms with Gasteiger partial charge in [0.25, 0.3) is 5.91 Å². The molecule has 25 heavy (non-hydrogen) atoms. The van der Waals surface area contributed by atoms with E-state index in [1.807, 2.05) is 6.07 Å². The van der Waals surface area contributed by atoms with E-state index in [1.165, 1.54) is 6.08 Å². The average molecular weight is 345 g/mol. The lowest BCUT2D eigenvalue weighted by Crippen LogP contribution is -2.40. The van der Waals surface area contributed by atoms with E-state index in [1.54, 1.807) is 23.1 Å². The second-order valence-corrected chi connectivity index (χ2v) is 6.41. The van der Waals surface area contributed by atoms with E-state index in [9.17, 15) is 9.59 Å². The highest BCUT2D eigenvalue weighted by Gasteiger charge is 2.20. The fraction of sp³-hybridized carbons (Fsp3) is 0.474. The van der Waals surface area contributed by atoms with Gasteiger partial charge in [-0.25, -0.2) is 4.79 Å². The Labute approximate surface area is 147 Å². The molecule has 0 radical (unpaired) electrons. The largest absolute Gasteiger partial charge is 0.486 e. The minimum absolute atomic E-state index is 0.132. The van der Waals surface area contributed by atoms with Crippen molar-refractivity contribution in [2.75, 3.05) is 32.9 Å². The Hall–Kier alpha value is -2.50. The van der Waals surface area contributed by atoms with Gasteiger partial charge in [0.1, 0.15) is 13.2 Å². The number of carbonyl (C=O) groups is 2. The number of amides is 1. The number of rotatable bonds is 4. The van der Waals surface area contributed by atoms with Crippen LogP contribution in [0, 0.1) is 5.92 Å². The Morgan fingerprint density at radius 1 is 1.20 bits per heavy atom. The van der Waals surface area contributed by atoms with Crippen molar-refractivity contribution in [2.45, 2.75) is 19.8 Å². The molecular formula is C19H23NO5. The van der Waals surface area contributed by atoms with Crippen molar-refractivity contribution in [3.8, 4) is 11.5 Å². The summed E-state index contributed by atoms with van der Waals surface area (Å²) in [5, 5.41) is 0. The molecule has 0 N–H and O–H groups in total. The van der Waals surface area contributed by atoms with Crippen LogP contribution in [0.25, 0.3) is 6.08 Å². The van der Waals surface area contributed by atoms with E-state index in [0.717, 1.165) is 31.5 Å². The van der Waals surface area contributed by atoms with E-state index in [2.05, 4.69) is 6.92 Å². The molecular weight excluding hydrogens is 322 g/mol. The number of likely N-dealkylation sites (tertiary alicyclic amines) is 1. The van der Waals surface area contributed by atoms with Crippen LogP contribution in [0.3, 0.4) is 0 Å². The molecule has 0 unspecified atom stereocenters. The van der Waals surface area contributed by atoms with Gasteiger partial charge in [-0.1, -0.05) is 13.0 Å². The predicted molar refractivity (Wildman–Crippen MR) is 92.4 cm³/mol. The van der Waals surface area contributed by atoms with E-state index >= 15 is 0 Å². The topological polar surface area (TPSA) is 65.1 Å². The van der Waals surface area contributed by atoms with Crippen LogP contribution in [-0.4, -0.2) is 49.7 Å². The highest BCUT2D eigenvalue weighted by atomic mass is 16.6. The van der Waals surface area contributed by atoms with Crippen LogP contribution in [0.1, 0.15) is 25.3 Å². The average Bonchev–Trinajstić information content (AvgIpc) is 2.65. The molecule has 6 heteroatoms. The summed E-state index contributed by atoms with van der Waals surface area (Å²) in [5.41, 5.74) is 0.803. The first-order chi connectivity index (χ1) is 12.1. The standard InChI is InChI=1S/C19H23NO5/c1-14-6-8-20(9-7-14)18(21)13-25-19(22)5-3-15-2-4-16-17(12-15)24-11-10-23-16/h2-5,12,14H,6-11,13H2,1H3/b5-3+. The molecule has 3 rings (SSSR count). The summed E-state index contributed by atoms with van der Waals surface area (Å²) in [5.74, 6) is 1.35. The van der Waals surface area contributed by atoms with Crippen LogP contribution in [-0.2, 0) is 14.3 Å². The van der Waals surface area contributed by atoms with Crippen molar-refractivity contribution >= 4 is 18.0 Å². The van der Waals surface area contributed by atoms with Crippen molar-refractivity contribution in [3.63, 3.8) is 0 Å². The third-order valence-corrected chi connectivity index (χ3v) is 4.45. The second-order valence-electron chi connectivity index (χ2n) is 6.41. The first-order valence-corrected chi connectivity index (χ1v) is 8.64. The molecule has 2 aliphatic heterocycles. The van der Waals surface area contributed by atoms with Gasteiger partial charge in [-0.15, -0.1) is 0 Å². The molecule has 134 valence electrons. The summed E-state index contributed by atoms with van der Waals surface area (Å²) in [6.45, 7) is 4.51. The Bertz CT molecular complexity index is 662. The van der Waals surface area contributed by atoms with Crippen molar-refractivity contribution in [1.29, 1.82) is 0 Å². The lowest BCUT2D eigenvalue weighted by molar-refractivity contribution is -0.148. The fourth-order valence-corrected chi connectivity index (χ4v) is 2.86. The maximum atomic E-state index is 12.0. The number of fused-ring (bicyclic) bond motifs is 1.